The first-order valence-corrected chi connectivity index (χ1v) is 7.80. The molecule has 6 heteroatoms. The molecule has 1 heterocycles. The fraction of sp³-hybridized carbons (Fsp3) is 0.278. The summed E-state index contributed by atoms with van der Waals surface area (Å²) in [4.78, 5) is 25.8. The summed E-state index contributed by atoms with van der Waals surface area (Å²) in [6.07, 6.45) is 9.67. The van der Waals surface area contributed by atoms with Crippen molar-refractivity contribution in [2.24, 2.45) is 5.73 Å². The molecule has 2 amide bonds. The Kier molecular flexibility index (Phi) is 4.09. The molecule has 0 aliphatic heterocycles. The monoisotopic (exact) mass is 322 g/mol. The number of rotatable bonds is 4. The number of aromatic nitrogens is 2. The first kappa shape index (κ1) is 15.8. The average molecular weight is 322 g/mol. The van der Waals surface area contributed by atoms with E-state index in [9.17, 15) is 9.59 Å². The van der Waals surface area contributed by atoms with Crippen LogP contribution in [-0.4, -0.2) is 27.1 Å². The number of anilines is 1. The summed E-state index contributed by atoms with van der Waals surface area (Å²) in [5.74, 6) is 1.29. The van der Waals surface area contributed by atoms with Gasteiger partial charge in [-0.25, -0.2) is 4.68 Å². The third-order valence-corrected chi connectivity index (χ3v) is 4.47. The third kappa shape index (κ3) is 2.54. The molecule has 122 valence electrons. The van der Waals surface area contributed by atoms with Crippen molar-refractivity contribution >= 4 is 17.6 Å². The van der Waals surface area contributed by atoms with E-state index in [2.05, 4.69) is 11.0 Å². The Morgan fingerprint density at radius 2 is 1.88 bits per heavy atom. The number of para-hydroxylation sites is 1. The molecule has 3 rings (SSSR count). The summed E-state index contributed by atoms with van der Waals surface area (Å²) in [6, 6.07) is 11.1. The van der Waals surface area contributed by atoms with E-state index in [0.29, 0.717) is 18.7 Å². The molecule has 1 aliphatic carbocycles. The molecule has 24 heavy (non-hydrogen) atoms. The molecular weight excluding hydrogens is 304 g/mol. The molecule has 2 aromatic rings. The van der Waals surface area contributed by atoms with Crippen molar-refractivity contribution in [2.75, 3.05) is 4.90 Å². The largest absolute Gasteiger partial charge is 0.368 e. The van der Waals surface area contributed by atoms with Gasteiger partial charge in [0.25, 0.3) is 0 Å². The lowest BCUT2D eigenvalue weighted by Crippen LogP contribution is -2.58. The van der Waals surface area contributed by atoms with Crippen LogP contribution in [0.1, 0.15) is 25.7 Å². The number of primary amides is 1. The average Bonchev–Trinajstić information content (AvgIpc) is 3.26. The van der Waals surface area contributed by atoms with Crippen molar-refractivity contribution < 1.29 is 9.59 Å². The van der Waals surface area contributed by atoms with E-state index < -0.39 is 17.4 Å². The van der Waals surface area contributed by atoms with Gasteiger partial charge in [-0.2, -0.15) is 0 Å². The minimum Gasteiger partial charge on any atom is -0.368 e. The fourth-order valence-corrected chi connectivity index (χ4v) is 3.28. The zero-order valence-electron chi connectivity index (χ0n) is 13.2. The van der Waals surface area contributed by atoms with Crippen LogP contribution in [0.15, 0.2) is 42.6 Å². The van der Waals surface area contributed by atoms with Gasteiger partial charge in [0.1, 0.15) is 5.54 Å². The lowest BCUT2D eigenvalue weighted by molar-refractivity contribution is -0.126. The van der Waals surface area contributed by atoms with E-state index in [1.807, 2.05) is 30.3 Å². The van der Waals surface area contributed by atoms with Crippen molar-refractivity contribution in [1.82, 2.24) is 9.78 Å². The van der Waals surface area contributed by atoms with E-state index in [-0.39, 0.29) is 0 Å². The minimum atomic E-state index is -1.10. The highest BCUT2D eigenvalue weighted by molar-refractivity contribution is 6.10. The third-order valence-electron chi connectivity index (χ3n) is 4.47. The second-order valence-electron chi connectivity index (χ2n) is 5.84. The van der Waals surface area contributed by atoms with Crippen molar-refractivity contribution in [3.63, 3.8) is 0 Å². The van der Waals surface area contributed by atoms with E-state index in [1.54, 1.807) is 16.9 Å². The lowest BCUT2D eigenvalue weighted by atomic mass is 9.93. The van der Waals surface area contributed by atoms with Crippen LogP contribution in [0.2, 0.25) is 0 Å². The maximum atomic E-state index is 12.4. The highest BCUT2D eigenvalue weighted by atomic mass is 16.2. The molecule has 0 saturated heterocycles. The van der Waals surface area contributed by atoms with Crippen LogP contribution in [0.4, 0.5) is 5.82 Å². The van der Waals surface area contributed by atoms with Gasteiger partial charge < -0.3 is 5.73 Å². The Labute approximate surface area is 140 Å². The predicted molar refractivity (Wildman–Crippen MR) is 90.3 cm³/mol. The van der Waals surface area contributed by atoms with E-state index in [1.165, 1.54) is 4.90 Å². The van der Waals surface area contributed by atoms with Crippen LogP contribution in [0.5, 0.6) is 0 Å². The van der Waals surface area contributed by atoms with Gasteiger partial charge in [0, 0.05) is 12.3 Å². The second-order valence-corrected chi connectivity index (χ2v) is 5.84. The van der Waals surface area contributed by atoms with Crippen LogP contribution in [0.3, 0.4) is 0 Å². The molecule has 1 aromatic carbocycles. The summed E-state index contributed by atoms with van der Waals surface area (Å²) in [7, 11) is 0. The number of hydrogen-bond donors (Lipinski definition) is 1. The van der Waals surface area contributed by atoms with Crippen molar-refractivity contribution in [3.05, 3.63) is 42.6 Å². The smallest absolute Gasteiger partial charge is 0.304 e. The summed E-state index contributed by atoms with van der Waals surface area (Å²) in [5.41, 5.74) is 5.39. The van der Waals surface area contributed by atoms with E-state index in [0.717, 1.165) is 18.5 Å². The zero-order valence-corrected chi connectivity index (χ0v) is 13.2. The van der Waals surface area contributed by atoms with Crippen molar-refractivity contribution in [2.45, 2.75) is 31.2 Å². The maximum Gasteiger partial charge on any atom is 0.304 e. The predicted octanol–water partition coefficient (Wildman–Crippen LogP) is 1.64. The SMILES string of the molecule is C#CC(=O)N(c1ccn(-c2ccccc2)n1)C1(C(N)=O)CCCC1. The Bertz CT molecular complexity index is 798. The van der Waals surface area contributed by atoms with Crippen LogP contribution in [0.25, 0.3) is 5.69 Å². The van der Waals surface area contributed by atoms with Crippen molar-refractivity contribution in [3.8, 4) is 18.0 Å². The molecule has 0 unspecified atom stereocenters. The van der Waals surface area contributed by atoms with Crippen LogP contribution in [0, 0.1) is 12.3 Å². The molecule has 1 aliphatic rings. The number of terminal acetylenes is 1. The molecule has 0 spiro atoms. The molecule has 2 N–H and O–H groups in total. The van der Waals surface area contributed by atoms with Gasteiger partial charge in [0.2, 0.25) is 5.91 Å². The first-order chi connectivity index (χ1) is 11.6. The topological polar surface area (TPSA) is 81.2 Å². The summed E-state index contributed by atoms with van der Waals surface area (Å²) < 4.78 is 1.63. The summed E-state index contributed by atoms with van der Waals surface area (Å²) in [5, 5.41) is 4.44. The minimum absolute atomic E-state index is 0.336. The van der Waals surface area contributed by atoms with Crippen LogP contribution < -0.4 is 10.6 Å². The summed E-state index contributed by atoms with van der Waals surface area (Å²) >= 11 is 0. The van der Waals surface area contributed by atoms with E-state index >= 15 is 0 Å². The van der Waals surface area contributed by atoms with Gasteiger partial charge in [0.15, 0.2) is 5.82 Å². The maximum absolute atomic E-state index is 12.4. The molecule has 0 bridgehead atoms. The van der Waals surface area contributed by atoms with Gasteiger partial charge >= 0.3 is 5.91 Å². The Morgan fingerprint density at radius 1 is 1.21 bits per heavy atom. The Morgan fingerprint density at radius 3 is 2.46 bits per heavy atom. The Balaban J connectivity index is 2.05. The number of carbonyl (C=O) groups excluding carboxylic acids is 2. The van der Waals surface area contributed by atoms with E-state index in [4.69, 9.17) is 12.2 Å². The lowest BCUT2D eigenvalue weighted by Gasteiger charge is -2.35. The number of amides is 2. The fourth-order valence-electron chi connectivity index (χ4n) is 3.28. The molecule has 1 saturated carbocycles. The van der Waals surface area contributed by atoms with Gasteiger partial charge in [-0.3, -0.25) is 14.5 Å². The first-order valence-electron chi connectivity index (χ1n) is 7.80. The quantitative estimate of drug-likeness (QED) is 0.869. The number of nitrogens with two attached hydrogens (primary N) is 1. The number of benzene rings is 1. The molecule has 1 fully saturated rings. The number of carbonyl (C=O) groups is 2. The van der Waals surface area contributed by atoms with Crippen LogP contribution in [-0.2, 0) is 9.59 Å². The molecule has 0 radical (unpaired) electrons. The highest BCUT2D eigenvalue weighted by Crippen LogP contribution is 2.37. The normalized spacial score (nSPS) is 15.6. The standard InChI is InChI=1S/C18H18N4O2/c1-2-16(23)22(18(17(19)24)11-6-7-12-18)15-10-13-21(20-15)14-8-4-3-5-9-14/h1,3-5,8-10,13H,6-7,11-12H2,(H2,19,24). The van der Waals surface area contributed by atoms with Gasteiger partial charge in [-0.05, 0) is 30.9 Å². The summed E-state index contributed by atoms with van der Waals surface area (Å²) in [6.45, 7) is 0. The second kappa shape index (κ2) is 6.20. The Hall–Kier alpha value is -3.07. The van der Waals surface area contributed by atoms with Gasteiger partial charge in [-0.1, -0.05) is 31.0 Å². The molecule has 6 nitrogen and oxygen atoms in total. The molecule has 0 atom stereocenters. The zero-order chi connectivity index (χ0) is 17.2. The number of nitrogens with zero attached hydrogens (tertiary/aromatic N) is 3. The van der Waals surface area contributed by atoms with Crippen molar-refractivity contribution in [1.29, 1.82) is 0 Å². The van der Waals surface area contributed by atoms with Gasteiger partial charge in [0.05, 0.1) is 5.69 Å². The van der Waals surface area contributed by atoms with Gasteiger partial charge in [-0.15, -0.1) is 11.5 Å². The van der Waals surface area contributed by atoms with Crippen LogP contribution >= 0.6 is 0 Å². The highest BCUT2D eigenvalue weighted by Gasteiger charge is 2.48. The number of hydrogen-bond acceptors (Lipinski definition) is 3. The molecular formula is C18H18N4O2. The molecule has 1 aromatic heterocycles.